The van der Waals surface area contributed by atoms with Crippen molar-refractivity contribution >= 4 is 46.8 Å². The van der Waals surface area contributed by atoms with Gasteiger partial charge in [0.2, 0.25) is 5.91 Å². The van der Waals surface area contributed by atoms with Gasteiger partial charge in [0.15, 0.2) is 0 Å². The second-order valence-corrected chi connectivity index (χ2v) is 10.0. The Balaban J connectivity index is 1.42. The first-order valence-corrected chi connectivity index (χ1v) is 13.3. The topological polar surface area (TPSA) is 87.7 Å². The normalized spacial score (nSPS) is 15.0. The average Bonchev–Trinajstić information content (AvgIpc) is 3.28. The number of halogens is 1. The third kappa shape index (κ3) is 6.91. The molecule has 1 fully saturated rings. The van der Waals surface area contributed by atoms with Crippen molar-refractivity contribution in [2.75, 3.05) is 31.3 Å². The minimum absolute atomic E-state index is 0.0730. The van der Waals surface area contributed by atoms with E-state index < -0.39 is 0 Å². The van der Waals surface area contributed by atoms with Crippen molar-refractivity contribution in [1.82, 2.24) is 10.2 Å². The zero-order valence-corrected chi connectivity index (χ0v) is 22.0. The molecular formula is C28H28ClN3O4S. The summed E-state index contributed by atoms with van der Waals surface area (Å²) >= 11 is 7.55. The standard InChI is InChI=1S/C28H28ClN3O4S/c1-36-16-4-15-30-27(35)23-5-2-3-6-24(23)31-26(34)20-9-11-21(12-10-20)28-32(25(33)18-37-28)17-19-7-13-22(29)14-8-19/h2-3,5-14,28H,4,15-18H2,1H3,(H,30,35)(H,31,34)/t28-/m1/s1. The van der Waals surface area contributed by atoms with Crippen LogP contribution in [0.4, 0.5) is 5.69 Å². The van der Waals surface area contributed by atoms with E-state index in [1.165, 1.54) is 0 Å². The molecule has 3 aromatic carbocycles. The Morgan fingerprint density at radius 3 is 2.49 bits per heavy atom. The minimum Gasteiger partial charge on any atom is -0.385 e. The molecule has 1 atom stereocenters. The molecule has 0 radical (unpaired) electrons. The summed E-state index contributed by atoms with van der Waals surface area (Å²) in [5, 5.41) is 6.21. The molecule has 3 aromatic rings. The summed E-state index contributed by atoms with van der Waals surface area (Å²) in [5.41, 5.74) is 3.23. The molecule has 7 nitrogen and oxygen atoms in total. The van der Waals surface area contributed by atoms with Gasteiger partial charge in [0.1, 0.15) is 5.37 Å². The molecule has 0 bridgehead atoms. The molecule has 192 valence electrons. The number of thioether (sulfide) groups is 1. The molecule has 1 saturated heterocycles. The quantitative estimate of drug-likeness (QED) is 0.350. The third-order valence-corrected chi connectivity index (χ3v) is 7.43. The van der Waals surface area contributed by atoms with E-state index in [1.54, 1.807) is 55.3 Å². The van der Waals surface area contributed by atoms with Crippen LogP contribution in [0.25, 0.3) is 0 Å². The van der Waals surface area contributed by atoms with Crippen LogP contribution in [0.2, 0.25) is 5.02 Å². The summed E-state index contributed by atoms with van der Waals surface area (Å²) in [6.07, 6.45) is 0.700. The Bertz CT molecular complexity index is 1250. The van der Waals surface area contributed by atoms with Crippen molar-refractivity contribution in [3.8, 4) is 0 Å². The minimum atomic E-state index is -0.320. The predicted molar refractivity (Wildman–Crippen MR) is 147 cm³/mol. The number of para-hydroxylation sites is 1. The number of nitrogens with zero attached hydrogens (tertiary/aromatic N) is 1. The van der Waals surface area contributed by atoms with Crippen LogP contribution < -0.4 is 10.6 Å². The van der Waals surface area contributed by atoms with E-state index in [4.69, 9.17) is 16.3 Å². The Hall–Kier alpha value is -3.33. The summed E-state index contributed by atoms with van der Waals surface area (Å²) in [6.45, 7) is 1.52. The lowest BCUT2D eigenvalue weighted by molar-refractivity contribution is -0.128. The van der Waals surface area contributed by atoms with Gasteiger partial charge in [0.05, 0.1) is 17.0 Å². The smallest absolute Gasteiger partial charge is 0.255 e. The first kappa shape index (κ1) is 26.7. The van der Waals surface area contributed by atoms with Crippen LogP contribution in [0, 0.1) is 0 Å². The van der Waals surface area contributed by atoms with Crippen LogP contribution >= 0.6 is 23.4 Å². The largest absolute Gasteiger partial charge is 0.385 e. The summed E-state index contributed by atoms with van der Waals surface area (Å²) in [6, 6.07) is 21.6. The average molecular weight is 538 g/mol. The van der Waals surface area contributed by atoms with Gasteiger partial charge < -0.3 is 20.3 Å². The molecule has 1 aliphatic rings. The molecule has 1 heterocycles. The second-order valence-electron chi connectivity index (χ2n) is 8.54. The lowest BCUT2D eigenvalue weighted by Crippen LogP contribution is -2.27. The maximum Gasteiger partial charge on any atom is 0.255 e. The van der Waals surface area contributed by atoms with E-state index in [1.807, 2.05) is 41.3 Å². The van der Waals surface area contributed by atoms with Crippen LogP contribution in [0.15, 0.2) is 72.8 Å². The first-order chi connectivity index (χ1) is 18.0. The van der Waals surface area contributed by atoms with Gasteiger partial charge in [-0.15, -0.1) is 11.8 Å². The first-order valence-electron chi connectivity index (χ1n) is 11.9. The zero-order valence-electron chi connectivity index (χ0n) is 20.4. The molecule has 4 rings (SSSR count). The van der Waals surface area contributed by atoms with Gasteiger partial charge in [-0.1, -0.05) is 48.0 Å². The fourth-order valence-electron chi connectivity index (χ4n) is 3.99. The number of amides is 3. The molecule has 37 heavy (non-hydrogen) atoms. The Labute approximate surface area is 225 Å². The highest BCUT2D eigenvalue weighted by Gasteiger charge is 2.32. The predicted octanol–water partition coefficient (Wildman–Crippen LogP) is 5.13. The molecule has 0 saturated carbocycles. The Morgan fingerprint density at radius 2 is 1.76 bits per heavy atom. The van der Waals surface area contributed by atoms with Crippen molar-refractivity contribution in [3.63, 3.8) is 0 Å². The van der Waals surface area contributed by atoms with Crippen LogP contribution in [-0.4, -0.2) is 48.6 Å². The number of anilines is 1. The van der Waals surface area contributed by atoms with Crippen LogP contribution in [0.5, 0.6) is 0 Å². The van der Waals surface area contributed by atoms with Gasteiger partial charge in [-0.2, -0.15) is 0 Å². The summed E-state index contributed by atoms with van der Waals surface area (Å²) in [5.74, 6) is -0.0977. The van der Waals surface area contributed by atoms with Crippen molar-refractivity contribution in [1.29, 1.82) is 0 Å². The van der Waals surface area contributed by atoms with E-state index in [2.05, 4.69) is 10.6 Å². The zero-order chi connectivity index (χ0) is 26.2. The number of methoxy groups -OCH3 is 1. The maximum absolute atomic E-state index is 13.0. The maximum atomic E-state index is 13.0. The van der Waals surface area contributed by atoms with E-state index in [0.29, 0.717) is 53.7 Å². The number of carbonyl (C=O) groups is 3. The number of hydrogen-bond donors (Lipinski definition) is 2. The van der Waals surface area contributed by atoms with E-state index in [9.17, 15) is 14.4 Å². The van der Waals surface area contributed by atoms with Crippen molar-refractivity contribution < 1.29 is 19.1 Å². The fourth-order valence-corrected chi connectivity index (χ4v) is 5.30. The van der Waals surface area contributed by atoms with Gasteiger partial charge in [-0.05, 0) is 53.9 Å². The molecule has 0 aromatic heterocycles. The Morgan fingerprint density at radius 1 is 1.03 bits per heavy atom. The molecule has 3 amide bonds. The molecule has 2 N–H and O–H groups in total. The SMILES string of the molecule is COCCCNC(=O)c1ccccc1NC(=O)c1ccc([C@H]2SCC(=O)N2Cc2ccc(Cl)cc2)cc1. The molecule has 0 aliphatic carbocycles. The van der Waals surface area contributed by atoms with Crippen molar-refractivity contribution in [3.05, 3.63) is 100 Å². The van der Waals surface area contributed by atoms with E-state index in [-0.39, 0.29) is 23.1 Å². The van der Waals surface area contributed by atoms with Gasteiger partial charge in [-0.3, -0.25) is 14.4 Å². The number of nitrogens with one attached hydrogen (secondary N) is 2. The van der Waals surface area contributed by atoms with E-state index >= 15 is 0 Å². The van der Waals surface area contributed by atoms with Gasteiger partial charge in [-0.25, -0.2) is 0 Å². The van der Waals surface area contributed by atoms with Crippen LogP contribution in [0.1, 0.15) is 43.6 Å². The highest BCUT2D eigenvalue weighted by Crippen LogP contribution is 2.39. The number of carbonyl (C=O) groups excluding carboxylic acids is 3. The third-order valence-electron chi connectivity index (χ3n) is 5.92. The van der Waals surface area contributed by atoms with E-state index in [0.717, 1.165) is 11.1 Å². The highest BCUT2D eigenvalue weighted by molar-refractivity contribution is 8.00. The number of rotatable bonds is 10. The van der Waals surface area contributed by atoms with Gasteiger partial charge in [0, 0.05) is 37.4 Å². The monoisotopic (exact) mass is 537 g/mol. The molecule has 1 aliphatic heterocycles. The number of ether oxygens (including phenoxy) is 1. The van der Waals surface area contributed by atoms with Crippen molar-refractivity contribution in [2.24, 2.45) is 0 Å². The molecule has 0 spiro atoms. The number of benzene rings is 3. The summed E-state index contributed by atoms with van der Waals surface area (Å²) < 4.78 is 5.00. The lowest BCUT2D eigenvalue weighted by atomic mass is 10.1. The fraction of sp³-hybridized carbons (Fsp3) is 0.250. The van der Waals surface area contributed by atoms with Crippen LogP contribution in [-0.2, 0) is 16.1 Å². The second kappa shape index (κ2) is 12.8. The highest BCUT2D eigenvalue weighted by atomic mass is 35.5. The Kier molecular flexibility index (Phi) is 9.22. The van der Waals surface area contributed by atoms with Crippen LogP contribution in [0.3, 0.4) is 0 Å². The van der Waals surface area contributed by atoms with Gasteiger partial charge >= 0.3 is 0 Å². The molecule has 9 heteroatoms. The van der Waals surface area contributed by atoms with Crippen molar-refractivity contribution in [2.45, 2.75) is 18.3 Å². The summed E-state index contributed by atoms with van der Waals surface area (Å²) in [4.78, 5) is 40.0. The lowest BCUT2D eigenvalue weighted by Gasteiger charge is -2.24. The molecule has 0 unspecified atom stereocenters. The number of hydrogen-bond acceptors (Lipinski definition) is 5. The summed E-state index contributed by atoms with van der Waals surface area (Å²) in [7, 11) is 1.61. The molecular weight excluding hydrogens is 510 g/mol. The van der Waals surface area contributed by atoms with Gasteiger partial charge in [0.25, 0.3) is 11.8 Å².